The summed E-state index contributed by atoms with van der Waals surface area (Å²) in [6, 6.07) is 4.99. The summed E-state index contributed by atoms with van der Waals surface area (Å²) in [5.41, 5.74) is 0.646. The van der Waals surface area contributed by atoms with Crippen LogP contribution in [0.2, 0.25) is 0 Å². The first-order chi connectivity index (χ1) is 17.8. The maximum Gasteiger partial charge on any atom is 0.296 e. The summed E-state index contributed by atoms with van der Waals surface area (Å²) >= 11 is 0. The second-order valence-corrected chi connectivity index (χ2v) is 10.8. The van der Waals surface area contributed by atoms with Crippen molar-refractivity contribution in [2.75, 3.05) is 75.1 Å². The van der Waals surface area contributed by atoms with E-state index >= 15 is 0 Å². The molecule has 15 heteroatoms. The lowest BCUT2D eigenvalue weighted by Gasteiger charge is -2.34. The molecule has 0 bridgehead atoms. The highest BCUT2D eigenvalue weighted by atomic mass is 32.2. The van der Waals surface area contributed by atoms with E-state index in [1.165, 1.54) is 16.0 Å². The van der Waals surface area contributed by atoms with Gasteiger partial charge in [-0.05, 0) is 19.1 Å². The third-order valence-electron chi connectivity index (χ3n) is 6.46. The van der Waals surface area contributed by atoms with E-state index in [4.69, 9.17) is 9.47 Å². The van der Waals surface area contributed by atoms with Crippen LogP contribution in [0.4, 0.5) is 20.7 Å². The average Bonchev–Trinajstić information content (AvgIpc) is 3.34. The molecule has 0 saturated carbocycles. The molecule has 3 aromatic rings. The number of hydrogen-bond donors (Lipinski definition) is 0. The van der Waals surface area contributed by atoms with Gasteiger partial charge in [0.05, 0.1) is 31.6 Å². The maximum absolute atomic E-state index is 14.2. The number of sulfonamides is 1. The van der Waals surface area contributed by atoms with Gasteiger partial charge < -0.3 is 19.3 Å². The number of morpholine rings is 1. The van der Waals surface area contributed by atoms with Gasteiger partial charge in [0.1, 0.15) is 11.3 Å². The second kappa shape index (κ2) is 10.3. The fraction of sp³-hybridized carbons (Fsp3) is 0.545. The van der Waals surface area contributed by atoms with Crippen LogP contribution in [0.5, 0.6) is 5.75 Å². The predicted molar refractivity (Wildman–Crippen MR) is 132 cm³/mol. The van der Waals surface area contributed by atoms with Crippen molar-refractivity contribution in [1.82, 2.24) is 28.8 Å². The molecule has 0 amide bonds. The quantitative estimate of drug-likeness (QED) is 0.437. The van der Waals surface area contributed by atoms with Gasteiger partial charge in [0.15, 0.2) is 5.82 Å². The molecule has 4 heterocycles. The zero-order chi connectivity index (χ0) is 26.2. The SMILES string of the molecule is CCS(=O)(=O)N1CCN(c2nc(N3CCOCC3)nc(-n3c(C(F)F)nc4c(OC)cccc43)n2)CC1. The molecular formula is C22H28F2N8O4S. The first-order valence-electron chi connectivity index (χ1n) is 12.0. The lowest BCUT2D eigenvalue weighted by molar-refractivity contribution is 0.122. The van der Waals surface area contributed by atoms with Gasteiger partial charge in [-0.1, -0.05) is 6.07 Å². The number of piperazine rings is 1. The van der Waals surface area contributed by atoms with E-state index in [0.717, 1.165) is 0 Å². The van der Waals surface area contributed by atoms with Crippen LogP contribution in [0.25, 0.3) is 17.0 Å². The Morgan fingerprint density at radius 3 is 2.16 bits per heavy atom. The summed E-state index contributed by atoms with van der Waals surface area (Å²) in [5.74, 6) is 0.484. The minimum absolute atomic E-state index is 0.00107. The van der Waals surface area contributed by atoms with Crippen LogP contribution in [0.3, 0.4) is 0 Å². The molecule has 5 rings (SSSR count). The van der Waals surface area contributed by atoms with Crippen LogP contribution in [0.1, 0.15) is 19.2 Å². The van der Waals surface area contributed by atoms with Crippen LogP contribution in [0, 0.1) is 0 Å². The Bertz CT molecular complexity index is 1370. The molecule has 2 aliphatic rings. The molecule has 0 N–H and O–H groups in total. The zero-order valence-corrected chi connectivity index (χ0v) is 21.4. The first kappa shape index (κ1) is 25.5. The second-order valence-electron chi connectivity index (χ2n) is 8.56. The van der Waals surface area contributed by atoms with Crippen LogP contribution in [-0.2, 0) is 14.8 Å². The zero-order valence-electron chi connectivity index (χ0n) is 20.5. The molecule has 0 atom stereocenters. The van der Waals surface area contributed by atoms with Gasteiger partial charge in [0, 0.05) is 39.3 Å². The van der Waals surface area contributed by atoms with E-state index in [2.05, 4.69) is 19.9 Å². The number of rotatable bonds is 7. The number of benzene rings is 1. The number of hydrogen-bond acceptors (Lipinski definition) is 10. The van der Waals surface area contributed by atoms with Gasteiger partial charge in [-0.15, -0.1) is 0 Å². The number of anilines is 2. The van der Waals surface area contributed by atoms with E-state index in [1.54, 1.807) is 25.1 Å². The lowest BCUT2D eigenvalue weighted by Crippen LogP contribution is -2.49. The van der Waals surface area contributed by atoms with Crippen LogP contribution in [0.15, 0.2) is 18.2 Å². The van der Waals surface area contributed by atoms with Crippen LogP contribution in [-0.4, -0.2) is 103 Å². The Balaban J connectivity index is 1.61. The van der Waals surface area contributed by atoms with Crippen molar-refractivity contribution in [2.45, 2.75) is 13.3 Å². The fourth-order valence-electron chi connectivity index (χ4n) is 4.45. The van der Waals surface area contributed by atoms with Crippen molar-refractivity contribution in [1.29, 1.82) is 0 Å². The third kappa shape index (κ3) is 4.90. The Morgan fingerprint density at radius 1 is 0.946 bits per heavy atom. The number of methoxy groups -OCH3 is 1. The highest BCUT2D eigenvalue weighted by Gasteiger charge is 2.30. The smallest absolute Gasteiger partial charge is 0.296 e. The molecule has 0 unspecified atom stereocenters. The highest BCUT2D eigenvalue weighted by molar-refractivity contribution is 7.89. The Morgan fingerprint density at radius 2 is 1.57 bits per heavy atom. The minimum Gasteiger partial charge on any atom is -0.494 e. The molecular weight excluding hydrogens is 510 g/mol. The lowest BCUT2D eigenvalue weighted by atomic mass is 10.3. The average molecular weight is 539 g/mol. The van der Waals surface area contributed by atoms with E-state index in [9.17, 15) is 17.2 Å². The van der Waals surface area contributed by atoms with E-state index in [-0.39, 0.29) is 36.3 Å². The third-order valence-corrected chi connectivity index (χ3v) is 8.34. The predicted octanol–water partition coefficient (Wildman–Crippen LogP) is 1.46. The molecule has 2 aromatic heterocycles. The molecule has 37 heavy (non-hydrogen) atoms. The van der Waals surface area contributed by atoms with Gasteiger partial charge in [0.2, 0.25) is 27.9 Å². The monoisotopic (exact) mass is 538 g/mol. The largest absolute Gasteiger partial charge is 0.494 e. The summed E-state index contributed by atoms with van der Waals surface area (Å²) < 4.78 is 66.4. The Labute approximate surface area is 212 Å². The Kier molecular flexibility index (Phi) is 7.09. The number of ether oxygens (including phenoxy) is 2. The van der Waals surface area contributed by atoms with Crippen molar-refractivity contribution in [3.63, 3.8) is 0 Å². The van der Waals surface area contributed by atoms with Gasteiger partial charge in [-0.3, -0.25) is 4.57 Å². The highest BCUT2D eigenvalue weighted by Crippen LogP contribution is 2.32. The maximum atomic E-state index is 14.2. The Hall–Kier alpha value is -3.17. The number of aromatic nitrogens is 5. The number of para-hydroxylation sites is 1. The molecule has 0 spiro atoms. The number of nitrogens with zero attached hydrogens (tertiary/aromatic N) is 8. The number of fused-ring (bicyclic) bond motifs is 1. The van der Waals surface area contributed by atoms with Crippen LogP contribution < -0.4 is 14.5 Å². The molecule has 12 nitrogen and oxygen atoms in total. The number of imidazole rings is 1. The summed E-state index contributed by atoms with van der Waals surface area (Å²) in [5, 5.41) is 0. The van der Waals surface area contributed by atoms with Gasteiger partial charge in [-0.25, -0.2) is 22.2 Å². The minimum atomic E-state index is -3.32. The van der Waals surface area contributed by atoms with E-state index in [0.29, 0.717) is 56.6 Å². The van der Waals surface area contributed by atoms with Crippen molar-refractivity contribution < 1.29 is 26.7 Å². The topological polar surface area (TPSA) is 119 Å². The number of halogens is 2. The van der Waals surface area contributed by atoms with Crippen molar-refractivity contribution in [3.05, 3.63) is 24.0 Å². The molecule has 1 aromatic carbocycles. The first-order valence-corrected chi connectivity index (χ1v) is 13.6. The van der Waals surface area contributed by atoms with Gasteiger partial charge in [-0.2, -0.15) is 19.3 Å². The van der Waals surface area contributed by atoms with Gasteiger partial charge in [0.25, 0.3) is 6.43 Å². The fourth-order valence-corrected chi connectivity index (χ4v) is 5.54. The van der Waals surface area contributed by atoms with E-state index in [1.807, 2.05) is 9.80 Å². The standard InChI is InChI=1S/C22H28F2N8O4S/c1-3-37(33,34)31-9-7-29(8-10-31)20-26-21(30-11-13-36-14-12-30)28-22(27-20)32-15-5-4-6-16(35-2)17(15)25-19(32)18(23)24/h4-6,18H,3,7-14H2,1-2H3. The van der Waals surface area contributed by atoms with Crippen molar-refractivity contribution in [2.24, 2.45) is 0 Å². The van der Waals surface area contributed by atoms with Crippen LogP contribution >= 0.6 is 0 Å². The summed E-state index contributed by atoms with van der Waals surface area (Å²) in [6.07, 6.45) is -2.90. The summed E-state index contributed by atoms with van der Waals surface area (Å²) in [7, 11) is -1.87. The summed E-state index contributed by atoms with van der Waals surface area (Å²) in [4.78, 5) is 21.7. The van der Waals surface area contributed by atoms with Crippen molar-refractivity contribution in [3.8, 4) is 11.7 Å². The molecule has 2 saturated heterocycles. The van der Waals surface area contributed by atoms with E-state index < -0.39 is 22.3 Å². The normalized spacial score (nSPS) is 17.6. The molecule has 0 radical (unpaired) electrons. The molecule has 200 valence electrons. The van der Waals surface area contributed by atoms with Crippen molar-refractivity contribution >= 4 is 33.0 Å². The molecule has 0 aliphatic carbocycles. The summed E-state index contributed by atoms with van der Waals surface area (Å²) in [6.45, 7) is 4.90. The molecule has 2 aliphatic heterocycles. The molecule has 2 fully saturated rings. The van der Waals surface area contributed by atoms with Gasteiger partial charge >= 0.3 is 0 Å². The number of alkyl halides is 2.